The van der Waals surface area contributed by atoms with Crippen molar-refractivity contribution in [1.82, 2.24) is 0 Å². The van der Waals surface area contributed by atoms with Crippen molar-refractivity contribution in [2.24, 2.45) is 0 Å². The monoisotopic (exact) mass is 472 g/mol. The van der Waals surface area contributed by atoms with E-state index < -0.39 is 0 Å². The minimum absolute atomic E-state index is 0.245. The van der Waals surface area contributed by atoms with Crippen molar-refractivity contribution in [3.8, 4) is 23.7 Å². The van der Waals surface area contributed by atoms with E-state index in [9.17, 15) is 0 Å². The van der Waals surface area contributed by atoms with E-state index >= 15 is 4.39 Å². The molecule has 1 heteroatoms. The van der Waals surface area contributed by atoms with Crippen molar-refractivity contribution >= 4 is 10.8 Å². The highest BCUT2D eigenvalue weighted by molar-refractivity contribution is 5.85. The summed E-state index contributed by atoms with van der Waals surface area (Å²) in [6, 6.07) is 26.1. The first-order valence-electron chi connectivity index (χ1n) is 13.1. The molecule has 180 valence electrons. The van der Waals surface area contributed by atoms with Crippen molar-refractivity contribution in [1.29, 1.82) is 0 Å². The van der Waals surface area contributed by atoms with Crippen molar-refractivity contribution in [3.05, 3.63) is 118 Å². The quantitative estimate of drug-likeness (QED) is 0.186. The van der Waals surface area contributed by atoms with Crippen LogP contribution in [0.3, 0.4) is 0 Å². The molecule has 0 aliphatic heterocycles. The normalized spacial score (nSPS) is 10.4. The molecule has 0 saturated heterocycles. The predicted molar refractivity (Wildman–Crippen MR) is 151 cm³/mol. The number of benzene rings is 4. The highest BCUT2D eigenvalue weighted by atomic mass is 19.1. The third-order valence-electron chi connectivity index (χ3n) is 6.41. The molecule has 0 bridgehead atoms. The van der Waals surface area contributed by atoms with Crippen LogP contribution in [-0.2, 0) is 12.8 Å². The topological polar surface area (TPSA) is 0 Å². The van der Waals surface area contributed by atoms with Gasteiger partial charge in [-0.15, -0.1) is 0 Å². The molecule has 0 unspecified atom stereocenters. The van der Waals surface area contributed by atoms with Gasteiger partial charge < -0.3 is 0 Å². The Morgan fingerprint density at radius 2 is 1.17 bits per heavy atom. The predicted octanol–water partition coefficient (Wildman–Crippen LogP) is 8.85. The zero-order valence-electron chi connectivity index (χ0n) is 21.3. The Kier molecular flexibility index (Phi) is 8.97. The van der Waals surface area contributed by atoms with Gasteiger partial charge in [-0.3, -0.25) is 0 Å². The van der Waals surface area contributed by atoms with Crippen molar-refractivity contribution in [2.75, 3.05) is 0 Å². The van der Waals surface area contributed by atoms with Gasteiger partial charge in [-0.2, -0.15) is 0 Å². The third kappa shape index (κ3) is 6.87. The molecule has 0 radical (unpaired) electrons. The van der Waals surface area contributed by atoms with Gasteiger partial charge in [0, 0.05) is 22.1 Å². The molecule has 0 aliphatic carbocycles. The zero-order valence-corrected chi connectivity index (χ0v) is 21.3. The largest absolute Gasteiger partial charge is 0.205 e. The molecule has 0 nitrogen and oxygen atoms in total. The molecule has 0 amide bonds. The summed E-state index contributed by atoms with van der Waals surface area (Å²) >= 11 is 0. The van der Waals surface area contributed by atoms with Gasteiger partial charge in [-0.05, 0) is 78.2 Å². The SMILES string of the molecule is CCCCCCc1ccc2c(F)c(C#Cc3ccc(C#Cc4ccc(CCC)cc4)cc3)ccc2c1. The summed E-state index contributed by atoms with van der Waals surface area (Å²) < 4.78 is 15.1. The Bertz CT molecular complexity index is 1420. The smallest absolute Gasteiger partial charge is 0.146 e. The van der Waals surface area contributed by atoms with Crippen LogP contribution in [0.15, 0.2) is 78.9 Å². The fraction of sp³-hybridized carbons (Fsp3) is 0.257. The number of hydrogen-bond acceptors (Lipinski definition) is 0. The number of aryl methyl sites for hydroxylation is 2. The van der Waals surface area contributed by atoms with E-state index in [0.717, 1.165) is 41.3 Å². The zero-order chi connectivity index (χ0) is 25.2. The first kappa shape index (κ1) is 25.3. The van der Waals surface area contributed by atoms with Crippen LogP contribution in [-0.4, -0.2) is 0 Å². The number of halogens is 1. The van der Waals surface area contributed by atoms with Gasteiger partial charge in [0.25, 0.3) is 0 Å². The lowest BCUT2D eigenvalue weighted by atomic mass is 10.00. The first-order valence-corrected chi connectivity index (χ1v) is 13.1. The summed E-state index contributed by atoms with van der Waals surface area (Å²) in [4.78, 5) is 0. The summed E-state index contributed by atoms with van der Waals surface area (Å²) in [5.74, 6) is 12.3. The summed E-state index contributed by atoms with van der Waals surface area (Å²) in [7, 11) is 0. The van der Waals surface area contributed by atoms with Gasteiger partial charge in [-0.25, -0.2) is 4.39 Å². The van der Waals surface area contributed by atoms with Gasteiger partial charge in [0.05, 0.1) is 5.56 Å². The van der Waals surface area contributed by atoms with Crippen LogP contribution in [0.2, 0.25) is 0 Å². The van der Waals surface area contributed by atoms with Crippen LogP contribution < -0.4 is 0 Å². The molecule has 0 N–H and O–H groups in total. The second kappa shape index (κ2) is 12.8. The summed E-state index contributed by atoms with van der Waals surface area (Å²) in [5, 5.41) is 1.57. The number of rotatable bonds is 7. The Labute approximate surface area is 215 Å². The van der Waals surface area contributed by atoms with E-state index in [0.29, 0.717) is 10.9 Å². The maximum absolute atomic E-state index is 15.1. The van der Waals surface area contributed by atoms with E-state index in [2.05, 4.69) is 67.9 Å². The highest BCUT2D eigenvalue weighted by Gasteiger charge is 2.06. The molecule has 0 heterocycles. The van der Waals surface area contributed by atoms with Crippen molar-refractivity contribution < 1.29 is 4.39 Å². The van der Waals surface area contributed by atoms with Crippen molar-refractivity contribution in [3.63, 3.8) is 0 Å². The average molecular weight is 473 g/mol. The molecule has 0 fully saturated rings. The van der Waals surface area contributed by atoms with E-state index in [1.807, 2.05) is 42.5 Å². The van der Waals surface area contributed by atoms with Crippen LogP contribution in [0, 0.1) is 29.5 Å². The Morgan fingerprint density at radius 3 is 1.81 bits per heavy atom. The van der Waals surface area contributed by atoms with E-state index in [4.69, 9.17) is 0 Å². The Morgan fingerprint density at radius 1 is 0.556 bits per heavy atom. The molecule has 36 heavy (non-hydrogen) atoms. The minimum Gasteiger partial charge on any atom is -0.205 e. The maximum Gasteiger partial charge on any atom is 0.146 e. The summed E-state index contributed by atoms with van der Waals surface area (Å²) in [6.07, 6.45) is 8.23. The Hall–Kier alpha value is -3.81. The van der Waals surface area contributed by atoms with Crippen LogP contribution in [0.25, 0.3) is 10.8 Å². The fourth-order valence-corrected chi connectivity index (χ4v) is 4.31. The molecule has 0 aromatic heterocycles. The summed E-state index contributed by atoms with van der Waals surface area (Å²) in [6.45, 7) is 4.41. The molecule has 0 saturated carbocycles. The van der Waals surface area contributed by atoms with Crippen molar-refractivity contribution in [2.45, 2.75) is 58.8 Å². The molecule has 0 spiro atoms. The number of unbranched alkanes of at least 4 members (excludes halogenated alkanes) is 3. The number of fused-ring (bicyclic) bond motifs is 1. The van der Waals surface area contributed by atoms with E-state index in [-0.39, 0.29) is 5.82 Å². The van der Waals surface area contributed by atoms with Gasteiger partial charge in [-0.1, -0.05) is 99.6 Å². The van der Waals surface area contributed by atoms with Gasteiger partial charge in [0.15, 0.2) is 0 Å². The second-order valence-electron chi connectivity index (χ2n) is 9.32. The molecule has 4 aromatic rings. The van der Waals surface area contributed by atoms with Crippen LogP contribution in [0.5, 0.6) is 0 Å². The first-order chi connectivity index (χ1) is 17.7. The number of hydrogen-bond donors (Lipinski definition) is 0. The van der Waals surface area contributed by atoms with Gasteiger partial charge in [0.1, 0.15) is 5.82 Å². The van der Waals surface area contributed by atoms with Crippen LogP contribution >= 0.6 is 0 Å². The standard InChI is InChI=1S/C35H33F/c1-3-5-6-7-9-31-21-25-34-33(26-31)24-23-32(35(34)36)22-20-30-18-16-29(17-19-30)15-14-28-12-10-27(8-4-2)11-13-28/h10-13,16-19,21,23-26H,3-9H2,1-2H3. The lowest BCUT2D eigenvalue weighted by Gasteiger charge is -2.06. The maximum atomic E-state index is 15.1. The third-order valence-corrected chi connectivity index (χ3v) is 6.41. The summed E-state index contributed by atoms with van der Waals surface area (Å²) in [5.41, 5.74) is 5.82. The highest BCUT2D eigenvalue weighted by Crippen LogP contribution is 2.23. The van der Waals surface area contributed by atoms with E-state index in [1.54, 1.807) is 6.07 Å². The lowest BCUT2D eigenvalue weighted by Crippen LogP contribution is -1.90. The molecule has 0 atom stereocenters. The van der Waals surface area contributed by atoms with Crippen LogP contribution in [0.1, 0.15) is 79.3 Å². The average Bonchev–Trinajstić information content (AvgIpc) is 2.91. The minimum atomic E-state index is -0.245. The van der Waals surface area contributed by atoms with Crippen LogP contribution in [0.4, 0.5) is 4.39 Å². The van der Waals surface area contributed by atoms with Gasteiger partial charge >= 0.3 is 0 Å². The lowest BCUT2D eigenvalue weighted by molar-refractivity contribution is 0.636. The molecule has 4 aromatic carbocycles. The second-order valence-corrected chi connectivity index (χ2v) is 9.32. The molecule has 4 rings (SSSR count). The Balaban J connectivity index is 1.43. The molecule has 0 aliphatic rings. The van der Waals surface area contributed by atoms with Gasteiger partial charge in [0.2, 0.25) is 0 Å². The molecular formula is C35H33F. The molecular weight excluding hydrogens is 439 g/mol. The fourth-order valence-electron chi connectivity index (χ4n) is 4.31. The van der Waals surface area contributed by atoms with E-state index in [1.165, 1.54) is 36.8 Å².